The van der Waals surface area contributed by atoms with E-state index < -0.39 is 17.6 Å². The van der Waals surface area contributed by atoms with Gasteiger partial charge >= 0.3 is 6.18 Å². The molecule has 0 atom stereocenters. The second-order valence-electron chi connectivity index (χ2n) is 3.30. The minimum absolute atomic E-state index is 0.262. The van der Waals surface area contributed by atoms with Gasteiger partial charge in [-0.15, -0.1) is 0 Å². The van der Waals surface area contributed by atoms with Gasteiger partial charge in [0.2, 0.25) is 0 Å². The maximum absolute atomic E-state index is 12.2. The monoisotopic (exact) mass is 300 g/mol. The molecule has 0 spiro atoms. The van der Waals surface area contributed by atoms with Crippen LogP contribution in [0.25, 0.3) is 0 Å². The molecular formula is C8H8BrF3N2O2. The van der Waals surface area contributed by atoms with Crippen molar-refractivity contribution < 1.29 is 18.1 Å². The predicted octanol–water partition coefficient (Wildman–Crippen LogP) is 2.65. The Balaban J connectivity index is 2.92. The highest BCUT2D eigenvalue weighted by atomic mass is 79.9. The summed E-state index contributed by atoms with van der Waals surface area (Å²) >= 11 is 3.00. The third kappa shape index (κ3) is 3.22. The largest absolute Gasteiger partial charge is 0.405 e. The zero-order chi connectivity index (χ0) is 12.5. The highest BCUT2D eigenvalue weighted by molar-refractivity contribution is 9.11. The van der Waals surface area contributed by atoms with Crippen LogP contribution in [0.15, 0.2) is 22.0 Å². The van der Waals surface area contributed by atoms with Gasteiger partial charge in [-0.2, -0.15) is 13.2 Å². The van der Waals surface area contributed by atoms with Crippen LogP contribution in [0.2, 0.25) is 0 Å². The van der Waals surface area contributed by atoms with Crippen molar-refractivity contribution in [1.29, 1.82) is 0 Å². The molecule has 0 saturated heterocycles. The number of nitrogens with zero attached hydrogens (tertiary/aromatic N) is 2. The molecule has 1 aliphatic rings. The molecule has 0 aliphatic carbocycles. The first-order chi connectivity index (χ1) is 7.20. The summed E-state index contributed by atoms with van der Waals surface area (Å²) in [5.74, 6) is 0. The Bertz CT molecular complexity index is 376. The van der Waals surface area contributed by atoms with Gasteiger partial charge in [0.05, 0.1) is 4.92 Å². The van der Waals surface area contributed by atoms with E-state index >= 15 is 0 Å². The molecule has 0 fully saturated rings. The van der Waals surface area contributed by atoms with Crippen molar-refractivity contribution in [3.05, 3.63) is 32.1 Å². The van der Waals surface area contributed by atoms with E-state index in [1.807, 2.05) is 0 Å². The lowest BCUT2D eigenvalue weighted by molar-refractivity contribution is -0.428. The fraction of sp³-hybridized carbons (Fsp3) is 0.500. The van der Waals surface area contributed by atoms with E-state index in [0.29, 0.717) is 10.2 Å². The number of hydrogen-bond acceptors (Lipinski definition) is 3. The summed E-state index contributed by atoms with van der Waals surface area (Å²) in [7, 11) is 0. The molecule has 0 unspecified atom stereocenters. The summed E-state index contributed by atoms with van der Waals surface area (Å²) in [5.41, 5.74) is 0.0738. The lowest BCUT2D eigenvalue weighted by atomic mass is 10.2. The van der Waals surface area contributed by atoms with Crippen molar-refractivity contribution >= 4 is 15.9 Å². The molecule has 0 saturated carbocycles. The van der Waals surface area contributed by atoms with Gasteiger partial charge < -0.3 is 4.90 Å². The molecule has 4 nitrogen and oxygen atoms in total. The number of allylic oxidation sites excluding steroid dienone is 3. The van der Waals surface area contributed by atoms with Crippen LogP contribution in [0.1, 0.15) is 6.92 Å². The average Bonchev–Trinajstić information content (AvgIpc) is 2.10. The molecule has 8 heteroatoms. The fourth-order valence-electron chi connectivity index (χ4n) is 1.26. The van der Waals surface area contributed by atoms with Crippen LogP contribution in [-0.4, -0.2) is 29.1 Å². The summed E-state index contributed by atoms with van der Waals surface area (Å²) in [6.45, 7) is -0.0599. The Morgan fingerprint density at radius 2 is 2.19 bits per heavy atom. The fourth-order valence-corrected chi connectivity index (χ4v) is 1.78. The lowest BCUT2D eigenvalue weighted by Crippen LogP contribution is -2.37. The van der Waals surface area contributed by atoms with Crippen molar-refractivity contribution in [1.82, 2.24) is 4.90 Å². The number of rotatable bonds is 2. The van der Waals surface area contributed by atoms with Crippen molar-refractivity contribution in [2.24, 2.45) is 0 Å². The number of nitro groups is 1. The summed E-state index contributed by atoms with van der Waals surface area (Å²) in [6, 6.07) is 0. The van der Waals surface area contributed by atoms with Crippen molar-refractivity contribution in [2.45, 2.75) is 13.1 Å². The first-order valence-corrected chi connectivity index (χ1v) is 5.03. The quantitative estimate of drug-likeness (QED) is 0.582. The molecule has 90 valence electrons. The van der Waals surface area contributed by atoms with Gasteiger partial charge in [-0.1, -0.05) is 0 Å². The molecule has 0 N–H and O–H groups in total. The molecule has 0 radical (unpaired) electrons. The first-order valence-electron chi connectivity index (χ1n) is 4.24. The molecule has 1 aliphatic heterocycles. The molecule has 0 aromatic rings. The van der Waals surface area contributed by atoms with Crippen LogP contribution < -0.4 is 0 Å². The third-order valence-electron chi connectivity index (χ3n) is 2.07. The molecule has 16 heavy (non-hydrogen) atoms. The van der Waals surface area contributed by atoms with Crippen LogP contribution in [0.5, 0.6) is 0 Å². The van der Waals surface area contributed by atoms with E-state index in [1.165, 1.54) is 13.0 Å². The second kappa shape index (κ2) is 4.44. The number of alkyl halides is 3. The maximum Gasteiger partial charge on any atom is 0.405 e. The van der Waals surface area contributed by atoms with E-state index in [1.54, 1.807) is 0 Å². The van der Waals surface area contributed by atoms with Crippen molar-refractivity contribution in [3.63, 3.8) is 0 Å². The SMILES string of the molecule is CC1=C(Br)C=C([N+](=O)[O-])CN1CC(F)(F)F. The minimum Gasteiger partial charge on any atom is -0.354 e. The highest BCUT2D eigenvalue weighted by Gasteiger charge is 2.34. The molecule has 1 rings (SSSR count). The Morgan fingerprint density at radius 1 is 1.62 bits per heavy atom. The Kier molecular flexibility index (Phi) is 3.61. The summed E-state index contributed by atoms with van der Waals surface area (Å²) in [4.78, 5) is 10.7. The lowest BCUT2D eigenvalue weighted by Gasteiger charge is -2.28. The zero-order valence-electron chi connectivity index (χ0n) is 8.21. The predicted molar refractivity (Wildman–Crippen MR) is 54.3 cm³/mol. The van der Waals surface area contributed by atoms with E-state index in [-0.39, 0.29) is 12.2 Å². The molecule has 1 heterocycles. The van der Waals surface area contributed by atoms with Gasteiger partial charge in [0, 0.05) is 16.3 Å². The maximum atomic E-state index is 12.2. The van der Waals surface area contributed by atoms with Gasteiger partial charge in [-0.05, 0) is 22.9 Å². The first kappa shape index (κ1) is 13.0. The minimum atomic E-state index is -4.38. The standard InChI is InChI=1S/C8H8BrF3N2O2/c1-5-7(9)2-6(14(15)16)3-13(5)4-8(10,11)12/h2H,3-4H2,1H3. The molecule has 0 amide bonds. The van der Waals surface area contributed by atoms with Crippen molar-refractivity contribution in [2.75, 3.05) is 13.1 Å². The van der Waals surface area contributed by atoms with Crippen molar-refractivity contribution in [3.8, 4) is 0 Å². The topological polar surface area (TPSA) is 46.4 Å². The van der Waals surface area contributed by atoms with Crippen LogP contribution in [0.3, 0.4) is 0 Å². The van der Waals surface area contributed by atoms with Crippen LogP contribution in [0.4, 0.5) is 13.2 Å². The van der Waals surface area contributed by atoms with Gasteiger partial charge in [0.25, 0.3) is 5.70 Å². The van der Waals surface area contributed by atoms with Gasteiger partial charge in [0.15, 0.2) is 0 Å². The van der Waals surface area contributed by atoms with E-state index in [0.717, 1.165) is 4.90 Å². The zero-order valence-corrected chi connectivity index (χ0v) is 9.80. The molecule has 0 bridgehead atoms. The molecular weight excluding hydrogens is 293 g/mol. The summed E-state index contributed by atoms with van der Waals surface area (Å²) in [5, 5.41) is 10.5. The van der Waals surface area contributed by atoms with E-state index in [4.69, 9.17) is 0 Å². The number of halogens is 4. The smallest absolute Gasteiger partial charge is 0.354 e. The average molecular weight is 301 g/mol. The summed E-state index contributed by atoms with van der Waals surface area (Å²) < 4.78 is 36.9. The summed E-state index contributed by atoms with van der Waals surface area (Å²) in [6.07, 6.45) is -3.16. The van der Waals surface area contributed by atoms with Crippen LogP contribution in [-0.2, 0) is 0 Å². The number of hydrogen-bond donors (Lipinski definition) is 0. The van der Waals surface area contributed by atoms with Gasteiger partial charge in [0.1, 0.15) is 13.1 Å². The Labute approximate surface area is 97.7 Å². The van der Waals surface area contributed by atoms with Crippen LogP contribution >= 0.6 is 15.9 Å². The van der Waals surface area contributed by atoms with E-state index in [9.17, 15) is 23.3 Å². The van der Waals surface area contributed by atoms with Gasteiger partial charge in [-0.3, -0.25) is 10.1 Å². The van der Waals surface area contributed by atoms with Gasteiger partial charge in [-0.25, -0.2) is 0 Å². The highest BCUT2D eigenvalue weighted by Crippen LogP contribution is 2.28. The molecule has 0 aromatic carbocycles. The second-order valence-corrected chi connectivity index (χ2v) is 4.15. The Hall–Kier alpha value is -1.05. The third-order valence-corrected chi connectivity index (χ3v) is 2.87. The normalized spacial score (nSPS) is 17.6. The van der Waals surface area contributed by atoms with Crippen LogP contribution in [0, 0.1) is 10.1 Å². The Morgan fingerprint density at radius 3 is 2.62 bits per heavy atom. The molecule has 0 aromatic heterocycles. The van der Waals surface area contributed by atoms with E-state index in [2.05, 4.69) is 15.9 Å².